The van der Waals surface area contributed by atoms with Gasteiger partial charge in [-0.3, -0.25) is 4.79 Å². The number of ether oxygens (including phenoxy) is 1. The van der Waals surface area contributed by atoms with E-state index in [2.05, 4.69) is 0 Å². The summed E-state index contributed by atoms with van der Waals surface area (Å²) in [5.41, 5.74) is 0. The van der Waals surface area contributed by atoms with Gasteiger partial charge in [0.15, 0.2) is 0 Å². The van der Waals surface area contributed by atoms with Gasteiger partial charge >= 0.3 is 5.97 Å². The van der Waals surface area contributed by atoms with Crippen LogP contribution in [0.2, 0.25) is 0 Å². The molecule has 8 nitrogen and oxygen atoms in total. The number of piperidine rings is 1. The van der Waals surface area contributed by atoms with Crippen LogP contribution in [0, 0.1) is 5.92 Å². The predicted molar refractivity (Wildman–Crippen MR) is 109 cm³/mol. The summed E-state index contributed by atoms with van der Waals surface area (Å²) in [7, 11) is -7.41. The second kappa shape index (κ2) is 10.0. The van der Waals surface area contributed by atoms with E-state index in [9.17, 15) is 21.6 Å². The molecule has 1 fully saturated rings. The lowest BCUT2D eigenvalue weighted by molar-refractivity contribution is -0.144. The van der Waals surface area contributed by atoms with Crippen molar-refractivity contribution in [3.63, 3.8) is 0 Å². The van der Waals surface area contributed by atoms with Gasteiger partial charge in [0.25, 0.3) is 0 Å². The van der Waals surface area contributed by atoms with Gasteiger partial charge in [-0.15, -0.1) is 0 Å². The standard InChI is InChI=1S/C19H30N2O6S2/c1-4-20(5-2)28(23,24)17-9-11-18(12-10-17)29(25,26)21-13-7-8-16(15-21)14-19(22)27-6-3/h9-12,16H,4-8,13-15H2,1-3H3. The number of hydrogen-bond donors (Lipinski definition) is 0. The van der Waals surface area contributed by atoms with E-state index < -0.39 is 20.0 Å². The Morgan fingerprint density at radius 3 is 2.21 bits per heavy atom. The molecule has 1 heterocycles. The van der Waals surface area contributed by atoms with E-state index in [0.717, 1.165) is 6.42 Å². The fraction of sp³-hybridized carbons (Fsp3) is 0.632. The van der Waals surface area contributed by atoms with Crippen molar-refractivity contribution in [3.05, 3.63) is 24.3 Å². The summed E-state index contributed by atoms with van der Waals surface area (Å²) in [5.74, 6) is -0.400. The molecule has 1 aliphatic rings. The summed E-state index contributed by atoms with van der Waals surface area (Å²) in [6, 6.07) is 5.34. The molecular formula is C19H30N2O6S2. The molecule has 0 bridgehead atoms. The molecule has 1 aromatic carbocycles. The highest BCUT2D eigenvalue weighted by molar-refractivity contribution is 7.89. The van der Waals surface area contributed by atoms with Gasteiger partial charge in [-0.2, -0.15) is 8.61 Å². The Bertz CT molecular complexity index is 893. The van der Waals surface area contributed by atoms with Gasteiger partial charge in [-0.25, -0.2) is 16.8 Å². The maximum Gasteiger partial charge on any atom is 0.306 e. The number of esters is 1. The van der Waals surface area contributed by atoms with Crippen molar-refractivity contribution in [1.82, 2.24) is 8.61 Å². The number of sulfonamides is 2. The second-order valence-electron chi connectivity index (χ2n) is 6.94. The molecular weight excluding hydrogens is 416 g/mol. The Hall–Kier alpha value is -1.49. The minimum absolute atomic E-state index is 0.0489. The first-order valence-corrected chi connectivity index (χ1v) is 12.8. The fourth-order valence-corrected chi connectivity index (χ4v) is 6.53. The highest BCUT2D eigenvalue weighted by Gasteiger charge is 2.32. The molecule has 164 valence electrons. The average Bonchev–Trinajstić information content (AvgIpc) is 2.69. The summed E-state index contributed by atoms with van der Waals surface area (Å²) in [4.78, 5) is 11.8. The third-order valence-corrected chi connectivity index (χ3v) is 8.99. The zero-order chi connectivity index (χ0) is 21.7. The summed E-state index contributed by atoms with van der Waals surface area (Å²) in [5, 5.41) is 0. The zero-order valence-corrected chi connectivity index (χ0v) is 18.8. The quantitative estimate of drug-likeness (QED) is 0.538. The summed E-state index contributed by atoms with van der Waals surface area (Å²) >= 11 is 0. The Kier molecular flexibility index (Phi) is 8.21. The van der Waals surface area contributed by atoms with Gasteiger partial charge < -0.3 is 4.74 Å². The van der Waals surface area contributed by atoms with Gasteiger partial charge in [-0.1, -0.05) is 13.8 Å². The molecule has 1 atom stereocenters. The second-order valence-corrected chi connectivity index (χ2v) is 10.8. The normalized spacial score (nSPS) is 18.7. The van der Waals surface area contributed by atoms with Crippen molar-refractivity contribution in [2.24, 2.45) is 5.92 Å². The Balaban J connectivity index is 2.18. The Morgan fingerprint density at radius 1 is 1.07 bits per heavy atom. The van der Waals surface area contributed by atoms with E-state index in [-0.39, 0.29) is 34.6 Å². The smallest absolute Gasteiger partial charge is 0.306 e. The van der Waals surface area contributed by atoms with Crippen molar-refractivity contribution in [2.45, 2.75) is 49.8 Å². The number of hydrogen-bond acceptors (Lipinski definition) is 6. The van der Waals surface area contributed by atoms with Gasteiger partial charge in [0.05, 0.1) is 16.4 Å². The molecule has 2 rings (SSSR count). The molecule has 0 radical (unpaired) electrons. The molecule has 0 N–H and O–H groups in total. The highest BCUT2D eigenvalue weighted by atomic mass is 32.2. The van der Waals surface area contributed by atoms with Crippen LogP contribution in [-0.4, -0.2) is 64.2 Å². The largest absolute Gasteiger partial charge is 0.466 e. The van der Waals surface area contributed by atoms with E-state index in [1.807, 2.05) is 0 Å². The fourth-order valence-electron chi connectivity index (χ4n) is 3.51. The minimum Gasteiger partial charge on any atom is -0.466 e. The van der Waals surface area contributed by atoms with E-state index in [0.29, 0.717) is 32.7 Å². The molecule has 29 heavy (non-hydrogen) atoms. The van der Waals surface area contributed by atoms with Crippen LogP contribution in [0.3, 0.4) is 0 Å². The molecule has 0 saturated carbocycles. The number of nitrogens with zero attached hydrogens (tertiary/aromatic N) is 2. The van der Waals surface area contributed by atoms with Crippen LogP contribution < -0.4 is 0 Å². The topological polar surface area (TPSA) is 101 Å². The van der Waals surface area contributed by atoms with E-state index in [1.54, 1.807) is 20.8 Å². The van der Waals surface area contributed by atoms with Gasteiger partial charge in [0, 0.05) is 32.6 Å². The van der Waals surface area contributed by atoms with E-state index in [1.165, 1.54) is 32.9 Å². The third-order valence-electron chi connectivity index (χ3n) is 5.05. The van der Waals surface area contributed by atoms with Crippen molar-refractivity contribution >= 4 is 26.0 Å². The first-order chi connectivity index (χ1) is 13.7. The molecule has 0 spiro atoms. The van der Waals surface area contributed by atoms with Crippen LogP contribution in [0.5, 0.6) is 0 Å². The van der Waals surface area contributed by atoms with Crippen molar-refractivity contribution in [1.29, 1.82) is 0 Å². The number of rotatable bonds is 9. The van der Waals surface area contributed by atoms with Crippen molar-refractivity contribution < 1.29 is 26.4 Å². The zero-order valence-electron chi connectivity index (χ0n) is 17.2. The Morgan fingerprint density at radius 2 is 1.66 bits per heavy atom. The molecule has 10 heteroatoms. The molecule has 1 unspecified atom stereocenters. The third kappa shape index (κ3) is 5.56. The van der Waals surface area contributed by atoms with Gasteiger partial charge in [0.2, 0.25) is 20.0 Å². The van der Waals surface area contributed by atoms with Crippen LogP contribution in [0.4, 0.5) is 0 Å². The van der Waals surface area contributed by atoms with Crippen LogP contribution in [-0.2, 0) is 29.6 Å². The van der Waals surface area contributed by atoms with Crippen molar-refractivity contribution in [3.8, 4) is 0 Å². The molecule has 1 aliphatic heterocycles. The van der Waals surface area contributed by atoms with E-state index >= 15 is 0 Å². The maximum atomic E-state index is 13.0. The Labute approximate surface area is 173 Å². The van der Waals surface area contributed by atoms with Crippen LogP contribution >= 0.6 is 0 Å². The van der Waals surface area contributed by atoms with Gasteiger partial charge in [-0.05, 0) is 49.9 Å². The molecule has 1 saturated heterocycles. The molecule has 0 aromatic heterocycles. The average molecular weight is 447 g/mol. The van der Waals surface area contributed by atoms with E-state index in [4.69, 9.17) is 4.74 Å². The SMILES string of the molecule is CCOC(=O)CC1CCCN(S(=O)(=O)c2ccc(S(=O)(=O)N(CC)CC)cc2)C1. The number of carbonyl (C=O) groups is 1. The van der Waals surface area contributed by atoms with Crippen molar-refractivity contribution in [2.75, 3.05) is 32.8 Å². The van der Waals surface area contributed by atoms with Crippen LogP contribution in [0.1, 0.15) is 40.0 Å². The number of carbonyl (C=O) groups excluding carboxylic acids is 1. The van der Waals surface area contributed by atoms with Crippen LogP contribution in [0.15, 0.2) is 34.1 Å². The summed E-state index contributed by atoms with van der Waals surface area (Å²) in [6.07, 6.45) is 1.63. The van der Waals surface area contributed by atoms with Gasteiger partial charge in [0.1, 0.15) is 0 Å². The maximum absolute atomic E-state index is 13.0. The first kappa shape index (κ1) is 23.8. The first-order valence-electron chi connectivity index (χ1n) is 9.92. The lowest BCUT2D eigenvalue weighted by Crippen LogP contribution is -2.40. The summed E-state index contributed by atoms with van der Waals surface area (Å²) < 4.78 is 58.8. The minimum atomic E-state index is -3.76. The number of benzene rings is 1. The molecule has 0 amide bonds. The lowest BCUT2D eigenvalue weighted by atomic mass is 9.96. The molecule has 0 aliphatic carbocycles. The highest BCUT2D eigenvalue weighted by Crippen LogP contribution is 2.27. The predicted octanol–water partition coefficient (Wildman–Crippen LogP) is 2.07. The molecule has 1 aromatic rings. The lowest BCUT2D eigenvalue weighted by Gasteiger charge is -2.31. The van der Waals surface area contributed by atoms with Crippen LogP contribution in [0.25, 0.3) is 0 Å². The monoisotopic (exact) mass is 446 g/mol. The summed E-state index contributed by atoms with van der Waals surface area (Å²) in [6.45, 7) is 6.85.